The number of carboxylic acid groups (broad SMARTS) is 1. The number of hydrogen-bond donors (Lipinski definition) is 4. The second kappa shape index (κ2) is 4.38. The first-order chi connectivity index (χ1) is 6.65. The van der Waals surface area contributed by atoms with E-state index in [0.29, 0.717) is 0 Å². The van der Waals surface area contributed by atoms with Gasteiger partial charge in [-0.25, -0.2) is 4.79 Å². The van der Waals surface area contributed by atoms with Crippen LogP contribution in [0.4, 0.5) is 5.69 Å². The van der Waals surface area contributed by atoms with Crippen LogP contribution in [0.2, 0.25) is 0 Å². The number of aliphatic hydroxyl groups excluding tert-OH is 1. The van der Waals surface area contributed by atoms with Crippen molar-refractivity contribution in [2.24, 2.45) is 0 Å². The Morgan fingerprint density at radius 1 is 1.57 bits per heavy atom. The number of carboxylic acids is 1. The van der Waals surface area contributed by atoms with Crippen LogP contribution in [0.5, 0.6) is 0 Å². The molecule has 1 heterocycles. The average Bonchev–Trinajstić information content (AvgIpc) is 2.52. The number of carbonyl (C=O) groups excluding carboxylic acids is 1. The smallest absolute Gasteiger partial charge is 0.356 e. The summed E-state index contributed by atoms with van der Waals surface area (Å²) in [5.41, 5.74) is -0.0905. The number of aromatic amines is 1. The summed E-state index contributed by atoms with van der Waals surface area (Å²) >= 11 is 0. The molecule has 0 aliphatic carbocycles. The number of H-pyrrole nitrogens is 1. The summed E-state index contributed by atoms with van der Waals surface area (Å²) < 4.78 is 0. The lowest BCUT2D eigenvalue weighted by atomic mass is 10.3. The van der Waals surface area contributed by atoms with Crippen molar-refractivity contribution in [3.05, 3.63) is 11.9 Å². The lowest BCUT2D eigenvalue weighted by Gasteiger charge is -2.01. The second-order valence-electron chi connectivity index (χ2n) is 2.49. The monoisotopic (exact) mass is 199 g/mol. The van der Waals surface area contributed by atoms with Crippen molar-refractivity contribution in [2.75, 3.05) is 11.9 Å². The molecule has 1 aromatic rings. The molecule has 1 amide bonds. The van der Waals surface area contributed by atoms with Gasteiger partial charge < -0.3 is 15.5 Å². The van der Waals surface area contributed by atoms with Crippen LogP contribution in [0.1, 0.15) is 16.9 Å². The van der Waals surface area contributed by atoms with Crippen molar-refractivity contribution in [1.82, 2.24) is 10.2 Å². The van der Waals surface area contributed by atoms with Gasteiger partial charge in [0.05, 0.1) is 24.9 Å². The fraction of sp³-hybridized carbons (Fsp3) is 0.286. The molecule has 0 bridgehead atoms. The van der Waals surface area contributed by atoms with Crippen LogP contribution in [0.25, 0.3) is 0 Å². The molecule has 14 heavy (non-hydrogen) atoms. The summed E-state index contributed by atoms with van der Waals surface area (Å²) in [7, 11) is 0. The molecule has 7 heteroatoms. The van der Waals surface area contributed by atoms with E-state index in [-0.39, 0.29) is 24.4 Å². The van der Waals surface area contributed by atoms with Gasteiger partial charge in [-0.1, -0.05) is 0 Å². The van der Waals surface area contributed by atoms with E-state index in [1.54, 1.807) is 0 Å². The highest BCUT2D eigenvalue weighted by atomic mass is 16.4. The first-order valence-electron chi connectivity index (χ1n) is 3.82. The molecular weight excluding hydrogens is 190 g/mol. The van der Waals surface area contributed by atoms with Crippen LogP contribution in [0.15, 0.2) is 6.20 Å². The van der Waals surface area contributed by atoms with Crippen LogP contribution >= 0.6 is 0 Å². The van der Waals surface area contributed by atoms with E-state index in [1.807, 2.05) is 0 Å². The number of hydrogen-bond acceptors (Lipinski definition) is 4. The van der Waals surface area contributed by atoms with E-state index in [4.69, 9.17) is 10.2 Å². The predicted octanol–water partition coefficient (Wildman–Crippen LogP) is -0.571. The normalized spacial score (nSPS) is 9.79. The third-order valence-electron chi connectivity index (χ3n) is 1.47. The number of aromatic nitrogens is 2. The number of nitrogens with one attached hydrogen (secondary N) is 2. The highest BCUT2D eigenvalue weighted by molar-refractivity contribution is 5.98. The molecule has 1 aromatic heterocycles. The van der Waals surface area contributed by atoms with Gasteiger partial charge >= 0.3 is 5.97 Å². The van der Waals surface area contributed by atoms with Gasteiger partial charge in [0.1, 0.15) is 0 Å². The van der Waals surface area contributed by atoms with Gasteiger partial charge in [-0.3, -0.25) is 9.89 Å². The number of aliphatic hydroxyl groups is 1. The van der Waals surface area contributed by atoms with Gasteiger partial charge in [0.25, 0.3) is 0 Å². The molecule has 0 spiro atoms. The standard InChI is InChI=1S/C7H9N3O4/c11-2-1-5(12)9-4-3-8-10-6(4)7(13)14/h3,11H,1-2H2,(H,8,10)(H,9,12)(H,13,14). The number of anilines is 1. The van der Waals surface area contributed by atoms with Crippen LogP contribution < -0.4 is 5.32 Å². The van der Waals surface area contributed by atoms with E-state index >= 15 is 0 Å². The Hall–Kier alpha value is -1.89. The first-order valence-corrected chi connectivity index (χ1v) is 3.82. The zero-order chi connectivity index (χ0) is 10.6. The average molecular weight is 199 g/mol. The molecule has 76 valence electrons. The summed E-state index contributed by atoms with van der Waals surface area (Å²) in [5.74, 6) is -1.67. The summed E-state index contributed by atoms with van der Waals surface area (Å²) in [4.78, 5) is 21.5. The summed E-state index contributed by atoms with van der Waals surface area (Å²) in [6.45, 7) is -0.286. The number of carbonyl (C=O) groups is 2. The lowest BCUT2D eigenvalue weighted by molar-refractivity contribution is -0.116. The molecule has 0 unspecified atom stereocenters. The molecule has 0 radical (unpaired) electrons. The van der Waals surface area contributed by atoms with Gasteiger partial charge in [-0.05, 0) is 0 Å². The van der Waals surface area contributed by atoms with Crippen molar-refractivity contribution in [1.29, 1.82) is 0 Å². The largest absolute Gasteiger partial charge is 0.476 e. The Balaban J connectivity index is 2.71. The molecule has 0 aromatic carbocycles. The third-order valence-corrected chi connectivity index (χ3v) is 1.47. The second-order valence-corrected chi connectivity index (χ2v) is 2.49. The minimum absolute atomic E-state index is 0.0791. The van der Waals surface area contributed by atoms with Crippen molar-refractivity contribution in [3.8, 4) is 0 Å². The van der Waals surface area contributed by atoms with E-state index < -0.39 is 11.9 Å². The summed E-state index contributed by atoms with van der Waals surface area (Å²) in [6, 6.07) is 0. The Bertz CT molecular complexity index is 346. The molecule has 0 saturated heterocycles. The Labute approximate surface area is 78.7 Å². The van der Waals surface area contributed by atoms with Gasteiger partial charge in [0.2, 0.25) is 5.91 Å². The summed E-state index contributed by atoms with van der Waals surface area (Å²) in [6.07, 6.45) is 1.11. The quantitative estimate of drug-likeness (QED) is 0.518. The number of rotatable bonds is 4. The zero-order valence-corrected chi connectivity index (χ0v) is 7.15. The predicted molar refractivity (Wildman–Crippen MR) is 45.9 cm³/mol. The van der Waals surface area contributed by atoms with Crippen molar-refractivity contribution >= 4 is 17.6 Å². The van der Waals surface area contributed by atoms with Gasteiger partial charge in [0, 0.05) is 0 Å². The van der Waals surface area contributed by atoms with Crippen molar-refractivity contribution in [3.63, 3.8) is 0 Å². The maximum atomic E-state index is 11.0. The fourth-order valence-electron chi connectivity index (χ4n) is 0.858. The van der Waals surface area contributed by atoms with E-state index in [0.717, 1.165) is 0 Å². The molecule has 0 aliphatic rings. The third kappa shape index (κ3) is 2.30. The van der Waals surface area contributed by atoms with E-state index in [2.05, 4.69) is 15.5 Å². The van der Waals surface area contributed by atoms with Crippen LogP contribution in [-0.2, 0) is 4.79 Å². The van der Waals surface area contributed by atoms with Crippen LogP contribution in [0.3, 0.4) is 0 Å². The highest BCUT2D eigenvalue weighted by Gasteiger charge is 2.13. The lowest BCUT2D eigenvalue weighted by Crippen LogP contribution is -2.14. The Morgan fingerprint density at radius 2 is 2.29 bits per heavy atom. The highest BCUT2D eigenvalue weighted by Crippen LogP contribution is 2.11. The maximum absolute atomic E-state index is 11.0. The minimum atomic E-state index is -1.21. The fourth-order valence-corrected chi connectivity index (χ4v) is 0.858. The van der Waals surface area contributed by atoms with E-state index in [1.165, 1.54) is 6.20 Å². The van der Waals surface area contributed by atoms with Crippen LogP contribution in [0, 0.1) is 0 Å². The molecule has 1 rings (SSSR count). The number of nitrogens with zero attached hydrogens (tertiary/aromatic N) is 1. The molecule has 0 atom stereocenters. The van der Waals surface area contributed by atoms with Crippen molar-refractivity contribution in [2.45, 2.75) is 6.42 Å². The van der Waals surface area contributed by atoms with Crippen molar-refractivity contribution < 1.29 is 19.8 Å². The molecular formula is C7H9N3O4. The molecule has 0 fully saturated rings. The SMILES string of the molecule is O=C(CCO)Nc1cn[nH]c1C(=O)O. The van der Waals surface area contributed by atoms with Gasteiger partial charge in [0.15, 0.2) is 5.69 Å². The summed E-state index contributed by atoms with van der Waals surface area (Å²) in [5, 5.41) is 25.1. The molecule has 7 nitrogen and oxygen atoms in total. The number of aromatic carboxylic acids is 1. The number of amides is 1. The Kier molecular flexibility index (Phi) is 3.19. The van der Waals surface area contributed by atoms with Gasteiger partial charge in [-0.15, -0.1) is 0 Å². The minimum Gasteiger partial charge on any atom is -0.476 e. The topological polar surface area (TPSA) is 115 Å². The van der Waals surface area contributed by atoms with Gasteiger partial charge in [-0.2, -0.15) is 5.10 Å². The first kappa shape index (κ1) is 10.2. The molecule has 0 aliphatic heterocycles. The Morgan fingerprint density at radius 3 is 2.86 bits per heavy atom. The zero-order valence-electron chi connectivity index (χ0n) is 7.15. The van der Waals surface area contributed by atoms with E-state index in [9.17, 15) is 9.59 Å². The molecule has 0 saturated carbocycles. The van der Waals surface area contributed by atoms with Crippen LogP contribution in [-0.4, -0.2) is 38.9 Å². The molecule has 4 N–H and O–H groups in total. The maximum Gasteiger partial charge on any atom is 0.356 e.